The van der Waals surface area contributed by atoms with Crippen LogP contribution in [0.2, 0.25) is 5.02 Å². The Morgan fingerprint density at radius 3 is 2.89 bits per heavy atom. The standard InChI is InChI=1S/C18H12ClFN8/c1-9-5-14(26-18(22)24-9)25-17-11-8-28(27-15(11)13(20)7-23-17)16-10(6-21)3-2-4-12(16)19/h2-5,7-8H,1H3,(H3,22,23,24,25,26). The molecule has 3 heterocycles. The molecular weight excluding hydrogens is 383 g/mol. The van der Waals surface area contributed by atoms with Gasteiger partial charge in [-0.1, -0.05) is 17.7 Å². The molecular formula is C18H12ClFN8. The SMILES string of the molecule is Cc1cc(Nc2ncc(F)c3nn(-c4c(Cl)cccc4C#N)cc23)nc(N)n1. The average molecular weight is 395 g/mol. The molecule has 3 aromatic heterocycles. The van der Waals surface area contributed by atoms with Gasteiger partial charge >= 0.3 is 0 Å². The Kier molecular flexibility index (Phi) is 4.25. The van der Waals surface area contributed by atoms with Gasteiger partial charge in [0.05, 0.1) is 22.2 Å². The number of halogens is 2. The van der Waals surface area contributed by atoms with Gasteiger partial charge in [0, 0.05) is 18.0 Å². The summed E-state index contributed by atoms with van der Waals surface area (Å²) >= 11 is 6.25. The van der Waals surface area contributed by atoms with Crippen molar-refractivity contribution in [1.29, 1.82) is 5.26 Å². The number of rotatable bonds is 3. The molecule has 3 N–H and O–H groups in total. The van der Waals surface area contributed by atoms with Crippen LogP contribution in [0.1, 0.15) is 11.3 Å². The zero-order valence-corrected chi connectivity index (χ0v) is 15.2. The Hall–Kier alpha value is -3.77. The summed E-state index contributed by atoms with van der Waals surface area (Å²) in [6.45, 7) is 1.77. The highest BCUT2D eigenvalue weighted by Gasteiger charge is 2.17. The zero-order chi connectivity index (χ0) is 19.8. The van der Waals surface area contributed by atoms with E-state index < -0.39 is 5.82 Å². The zero-order valence-electron chi connectivity index (χ0n) is 14.5. The topological polar surface area (TPSA) is 118 Å². The number of nitrogens with two attached hydrogens (primary N) is 1. The lowest BCUT2D eigenvalue weighted by Gasteiger charge is -2.07. The number of hydrogen-bond acceptors (Lipinski definition) is 7. The van der Waals surface area contributed by atoms with Crippen LogP contribution in [-0.4, -0.2) is 24.7 Å². The van der Waals surface area contributed by atoms with Gasteiger partial charge in [-0.3, -0.25) is 0 Å². The van der Waals surface area contributed by atoms with Crippen LogP contribution >= 0.6 is 11.6 Å². The van der Waals surface area contributed by atoms with E-state index in [1.54, 1.807) is 37.4 Å². The molecule has 10 heteroatoms. The molecule has 28 heavy (non-hydrogen) atoms. The lowest BCUT2D eigenvalue weighted by molar-refractivity contribution is 0.629. The van der Waals surface area contributed by atoms with Crippen LogP contribution in [0.3, 0.4) is 0 Å². The van der Waals surface area contributed by atoms with Crippen molar-refractivity contribution in [2.24, 2.45) is 0 Å². The summed E-state index contributed by atoms with van der Waals surface area (Å²) in [6.07, 6.45) is 2.60. The van der Waals surface area contributed by atoms with E-state index in [2.05, 4.69) is 31.4 Å². The van der Waals surface area contributed by atoms with E-state index in [-0.39, 0.29) is 11.5 Å². The highest BCUT2D eigenvalue weighted by molar-refractivity contribution is 6.32. The molecule has 0 aliphatic rings. The molecule has 0 atom stereocenters. The third kappa shape index (κ3) is 3.06. The maximum Gasteiger partial charge on any atom is 0.222 e. The second kappa shape index (κ2) is 6.75. The molecule has 0 amide bonds. The first-order chi connectivity index (χ1) is 13.5. The molecule has 0 radical (unpaired) electrons. The first-order valence-corrected chi connectivity index (χ1v) is 8.45. The van der Waals surface area contributed by atoms with Gasteiger partial charge in [-0.15, -0.1) is 0 Å². The second-order valence-electron chi connectivity index (χ2n) is 5.92. The molecule has 1 aromatic carbocycles. The van der Waals surface area contributed by atoms with Gasteiger partial charge < -0.3 is 11.1 Å². The minimum absolute atomic E-state index is 0.0695. The van der Waals surface area contributed by atoms with Crippen LogP contribution < -0.4 is 11.1 Å². The normalized spacial score (nSPS) is 10.8. The fourth-order valence-corrected chi connectivity index (χ4v) is 3.07. The fraction of sp³-hybridized carbons (Fsp3) is 0.0556. The minimum Gasteiger partial charge on any atom is -0.368 e. The predicted octanol–water partition coefficient (Wildman–Crippen LogP) is 3.51. The maximum absolute atomic E-state index is 14.3. The van der Waals surface area contributed by atoms with Crippen molar-refractivity contribution in [3.8, 4) is 11.8 Å². The van der Waals surface area contributed by atoms with Crippen LogP contribution in [0.4, 0.5) is 22.0 Å². The summed E-state index contributed by atoms with van der Waals surface area (Å²) in [6, 6.07) is 8.63. The number of anilines is 3. The molecule has 0 aliphatic heterocycles. The summed E-state index contributed by atoms with van der Waals surface area (Å²) in [5.74, 6) is 0.230. The molecule has 138 valence electrons. The van der Waals surface area contributed by atoms with Gasteiger partial charge in [-0.25, -0.2) is 19.0 Å². The third-order valence-corrected chi connectivity index (χ3v) is 4.26. The van der Waals surface area contributed by atoms with E-state index >= 15 is 0 Å². The van der Waals surface area contributed by atoms with E-state index in [0.29, 0.717) is 39.0 Å². The van der Waals surface area contributed by atoms with Crippen molar-refractivity contribution >= 4 is 40.1 Å². The molecule has 0 aliphatic carbocycles. The molecule has 0 unspecified atom stereocenters. The maximum atomic E-state index is 14.3. The number of nitrogens with zero attached hydrogens (tertiary/aromatic N) is 6. The van der Waals surface area contributed by atoms with Gasteiger partial charge in [0.15, 0.2) is 5.82 Å². The van der Waals surface area contributed by atoms with Crippen molar-refractivity contribution in [3.63, 3.8) is 0 Å². The highest BCUT2D eigenvalue weighted by atomic mass is 35.5. The number of nitriles is 1. The average Bonchev–Trinajstić information content (AvgIpc) is 3.09. The molecule has 0 fully saturated rings. The number of aryl methyl sites for hydroxylation is 1. The van der Waals surface area contributed by atoms with Crippen molar-refractivity contribution in [3.05, 3.63) is 58.8 Å². The number of pyridine rings is 1. The van der Waals surface area contributed by atoms with Crippen LogP contribution in [0.5, 0.6) is 0 Å². The Labute approximate surface area is 163 Å². The number of aromatic nitrogens is 5. The largest absolute Gasteiger partial charge is 0.368 e. The van der Waals surface area contributed by atoms with Crippen LogP contribution in [-0.2, 0) is 0 Å². The Morgan fingerprint density at radius 1 is 1.32 bits per heavy atom. The molecule has 0 spiro atoms. The van der Waals surface area contributed by atoms with Crippen LogP contribution in [0.25, 0.3) is 16.6 Å². The Morgan fingerprint density at radius 2 is 2.14 bits per heavy atom. The van der Waals surface area contributed by atoms with Crippen LogP contribution in [0, 0.1) is 24.1 Å². The summed E-state index contributed by atoms with van der Waals surface area (Å²) < 4.78 is 15.7. The van der Waals surface area contributed by atoms with Crippen molar-refractivity contribution in [2.75, 3.05) is 11.1 Å². The highest BCUT2D eigenvalue weighted by Crippen LogP contribution is 2.29. The Bertz CT molecular complexity index is 1240. The minimum atomic E-state index is -0.608. The third-order valence-electron chi connectivity index (χ3n) is 3.96. The molecule has 0 bridgehead atoms. The van der Waals surface area contributed by atoms with Crippen molar-refractivity contribution < 1.29 is 4.39 Å². The predicted molar refractivity (Wildman–Crippen MR) is 103 cm³/mol. The number of nitrogens with one attached hydrogen (secondary N) is 1. The van der Waals surface area contributed by atoms with Gasteiger partial charge in [0.2, 0.25) is 5.95 Å². The summed E-state index contributed by atoms with van der Waals surface area (Å²) in [5.41, 5.74) is 7.07. The Balaban J connectivity index is 1.88. The van der Waals surface area contributed by atoms with Gasteiger partial charge in [0.1, 0.15) is 28.9 Å². The lowest BCUT2D eigenvalue weighted by atomic mass is 10.2. The lowest BCUT2D eigenvalue weighted by Crippen LogP contribution is -2.02. The molecule has 4 aromatic rings. The van der Waals surface area contributed by atoms with Gasteiger partial charge in [-0.2, -0.15) is 15.3 Å². The monoisotopic (exact) mass is 394 g/mol. The van der Waals surface area contributed by atoms with Crippen molar-refractivity contribution in [2.45, 2.75) is 6.92 Å². The number of hydrogen-bond donors (Lipinski definition) is 2. The van der Waals surface area contributed by atoms with Gasteiger partial charge in [0.25, 0.3) is 0 Å². The van der Waals surface area contributed by atoms with E-state index in [1.165, 1.54) is 4.68 Å². The van der Waals surface area contributed by atoms with E-state index in [9.17, 15) is 9.65 Å². The summed E-state index contributed by atoms with van der Waals surface area (Å²) in [7, 11) is 0. The number of para-hydroxylation sites is 1. The quantitative estimate of drug-likeness (QED) is 0.545. The first-order valence-electron chi connectivity index (χ1n) is 8.07. The molecule has 0 saturated heterocycles. The smallest absolute Gasteiger partial charge is 0.222 e. The molecule has 4 rings (SSSR count). The van der Waals surface area contributed by atoms with E-state index in [4.69, 9.17) is 17.3 Å². The number of fused-ring (bicyclic) bond motifs is 1. The fourth-order valence-electron chi connectivity index (χ4n) is 2.80. The number of benzene rings is 1. The van der Waals surface area contributed by atoms with Crippen LogP contribution in [0.15, 0.2) is 36.7 Å². The summed E-state index contributed by atoms with van der Waals surface area (Å²) in [4.78, 5) is 12.2. The van der Waals surface area contributed by atoms with Crippen molar-refractivity contribution in [1.82, 2.24) is 24.7 Å². The number of nitrogen functional groups attached to an aromatic ring is 1. The summed E-state index contributed by atoms with van der Waals surface area (Å²) in [5, 5.41) is 17.3. The second-order valence-corrected chi connectivity index (χ2v) is 6.32. The molecule has 0 saturated carbocycles. The first kappa shape index (κ1) is 17.6. The molecule has 8 nitrogen and oxygen atoms in total. The van der Waals surface area contributed by atoms with E-state index in [0.717, 1.165) is 6.20 Å². The van der Waals surface area contributed by atoms with E-state index in [1.807, 2.05) is 0 Å². The van der Waals surface area contributed by atoms with Gasteiger partial charge in [-0.05, 0) is 19.1 Å².